The number of carbonyl (C=O) groups excluding carboxylic acids is 1. The molecule has 0 spiro atoms. The number of aromatic nitrogens is 4. The monoisotopic (exact) mass is 374 g/mol. The molecule has 0 atom stereocenters. The quantitative estimate of drug-likeness (QED) is 0.433. The van der Waals surface area contributed by atoms with Crippen LogP contribution in [-0.4, -0.2) is 30.6 Å². The molecule has 2 heterocycles. The van der Waals surface area contributed by atoms with E-state index in [9.17, 15) is 14.9 Å². The molecule has 0 unspecified atom stereocenters. The third-order valence-corrected chi connectivity index (χ3v) is 4.32. The average molecular weight is 374 g/mol. The van der Waals surface area contributed by atoms with E-state index in [2.05, 4.69) is 20.4 Å². The number of benzene rings is 2. The number of carbonyl (C=O) groups is 1. The molecule has 0 bridgehead atoms. The van der Waals surface area contributed by atoms with E-state index in [4.69, 9.17) is 0 Å². The zero-order chi connectivity index (χ0) is 19.7. The lowest BCUT2D eigenvalue weighted by atomic mass is 10.1. The summed E-state index contributed by atoms with van der Waals surface area (Å²) in [7, 11) is 0. The van der Waals surface area contributed by atoms with Gasteiger partial charge < -0.3 is 5.32 Å². The van der Waals surface area contributed by atoms with Crippen molar-refractivity contribution in [3.63, 3.8) is 0 Å². The number of nitrogens with zero attached hydrogens (tertiary/aromatic N) is 5. The Labute approximate surface area is 158 Å². The molecule has 0 aliphatic carbocycles. The van der Waals surface area contributed by atoms with E-state index in [-0.39, 0.29) is 16.9 Å². The second-order valence-corrected chi connectivity index (χ2v) is 6.08. The van der Waals surface area contributed by atoms with E-state index in [0.29, 0.717) is 5.69 Å². The summed E-state index contributed by atoms with van der Waals surface area (Å²) < 4.78 is 1.28. The molecule has 2 aromatic heterocycles. The summed E-state index contributed by atoms with van der Waals surface area (Å²) in [6, 6.07) is 11.5. The van der Waals surface area contributed by atoms with Gasteiger partial charge in [0.25, 0.3) is 11.6 Å². The summed E-state index contributed by atoms with van der Waals surface area (Å²) in [5.41, 5.74) is 2.50. The maximum atomic E-state index is 12.7. The van der Waals surface area contributed by atoms with Crippen LogP contribution in [-0.2, 0) is 0 Å². The van der Waals surface area contributed by atoms with Crippen LogP contribution in [0.5, 0.6) is 0 Å². The highest BCUT2D eigenvalue weighted by atomic mass is 16.6. The number of hydrogen-bond acceptors (Lipinski definition) is 6. The Hall–Kier alpha value is -4.14. The highest BCUT2D eigenvalue weighted by Gasteiger charge is 2.20. The first-order chi connectivity index (χ1) is 13.5. The molecule has 4 aromatic rings. The van der Waals surface area contributed by atoms with Gasteiger partial charge in [0.05, 0.1) is 16.1 Å². The van der Waals surface area contributed by atoms with Crippen LogP contribution < -0.4 is 5.32 Å². The van der Waals surface area contributed by atoms with Crippen LogP contribution in [0.1, 0.15) is 15.9 Å². The first-order valence-corrected chi connectivity index (χ1v) is 8.34. The minimum absolute atomic E-state index is 0.160. The summed E-state index contributed by atoms with van der Waals surface area (Å²) in [4.78, 5) is 31.8. The standard InChI is InChI=1S/C19H14N6O3/c1-12-4-6-15(14-3-2-8-21-18(12)14)23-19(26)13-5-7-16(17(9-13)25(27)28)24-11-20-10-22-24/h2-11H,1H3,(H,23,26). The van der Waals surface area contributed by atoms with Crippen LogP contribution in [0.15, 0.2) is 61.3 Å². The molecule has 9 nitrogen and oxygen atoms in total. The number of anilines is 1. The number of nitrogens with one attached hydrogen (secondary N) is 1. The fourth-order valence-corrected chi connectivity index (χ4v) is 2.95. The van der Waals surface area contributed by atoms with E-state index in [1.54, 1.807) is 18.3 Å². The molecular weight excluding hydrogens is 360 g/mol. The van der Waals surface area contributed by atoms with Crippen LogP contribution >= 0.6 is 0 Å². The first kappa shape index (κ1) is 17.3. The van der Waals surface area contributed by atoms with Crippen LogP contribution in [0.4, 0.5) is 11.4 Å². The largest absolute Gasteiger partial charge is 0.321 e. The van der Waals surface area contributed by atoms with Crippen molar-refractivity contribution in [3.8, 4) is 5.69 Å². The molecular formula is C19H14N6O3. The van der Waals surface area contributed by atoms with Gasteiger partial charge in [0, 0.05) is 23.2 Å². The van der Waals surface area contributed by atoms with Crippen molar-refractivity contribution >= 4 is 28.2 Å². The maximum Gasteiger partial charge on any atom is 0.295 e. The molecule has 0 radical (unpaired) electrons. The van der Waals surface area contributed by atoms with Gasteiger partial charge in [-0.25, -0.2) is 9.67 Å². The third-order valence-electron chi connectivity index (χ3n) is 4.32. The highest BCUT2D eigenvalue weighted by molar-refractivity contribution is 6.09. The number of amides is 1. The van der Waals surface area contributed by atoms with Crippen molar-refractivity contribution < 1.29 is 9.72 Å². The number of pyridine rings is 1. The lowest BCUT2D eigenvalue weighted by Gasteiger charge is -2.10. The molecule has 2 aromatic carbocycles. The van der Waals surface area contributed by atoms with Gasteiger partial charge in [0.2, 0.25) is 0 Å². The predicted octanol–water partition coefficient (Wildman–Crippen LogP) is 3.28. The van der Waals surface area contributed by atoms with Gasteiger partial charge in [-0.05, 0) is 42.8 Å². The van der Waals surface area contributed by atoms with Crippen molar-refractivity contribution in [3.05, 3.63) is 82.6 Å². The smallest absolute Gasteiger partial charge is 0.295 e. The van der Waals surface area contributed by atoms with Crippen LogP contribution in [0.25, 0.3) is 16.6 Å². The van der Waals surface area contributed by atoms with Gasteiger partial charge in [0.15, 0.2) is 0 Å². The molecule has 0 saturated carbocycles. The molecule has 1 N–H and O–H groups in total. The van der Waals surface area contributed by atoms with Crippen LogP contribution in [0.3, 0.4) is 0 Å². The molecule has 9 heteroatoms. The molecule has 4 rings (SSSR count). The topological polar surface area (TPSA) is 116 Å². The highest BCUT2D eigenvalue weighted by Crippen LogP contribution is 2.27. The molecule has 138 valence electrons. The summed E-state index contributed by atoms with van der Waals surface area (Å²) in [6.07, 6.45) is 4.32. The van der Waals surface area contributed by atoms with E-state index < -0.39 is 10.8 Å². The fraction of sp³-hybridized carbons (Fsp3) is 0.0526. The Balaban J connectivity index is 1.71. The Bertz CT molecular complexity index is 1200. The Kier molecular flexibility index (Phi) is 4.24. The van der Waals surface area contributed by atoms with Crippen molar-refractivity contribution in [1.82, 2.24) is 19.7 Å². The number of rotatable bonds is 4. The minimum atomic E-state index is -0.557. The summed E-state index contributed by atoms with van der Waals surface area (Å²) in [5, 5.41) is 19.0. The van der Waals surface area contributed by atoms with Gasteiger partial charge in [-0.15, -0.1) is 0 Å². The third kappa shape index (κ3) is 3.05. The number of nitro groups is 1. The summed E-state index contributed by atoms with van der Waals surface area (Å²) in [6.45, 7) is 1.94. The summed E-state index contributed by atoms with van der Waals surface area (Å²) >= 11 is 0. The van der Waals surface area contributed by atoms with E-state index in [1.807, 2.05) is 19.1 Å². The van der Waals surface area contributed by atoms with Crippen molar-refractivity contribution in [2.45, 2.75) is 6.92 Å². The predicted molar refractivity (Wildman–Crippen MR) is 102 cm³/mol. The Morgan fingerprint density at radius 3 is 2.82 bits per heavy atom. The molecule has 1 amide bonds. The second-order valence-electron chi connectivity index (χ2n) is 6.08. The van der Waals surface area contributed by atoms with Crippen molar-refractivity contribution in [2.24, 2.45) is 0 Å². The lowest BCUT2D eigenvalue weighted by molar-refractivity contribution is -0.384. The maximum absolute atomic E-state index is 12.7. The van der Waals surface area contributed by atoms with E-state index in [0.717, 1.165) is 16.5 Å². The Morgan fingerprint density at radius 2 is 2.07 bits per heavy atom. The number of fused-ring (bicyclic) bond motifs is 1. The molecule has 0 saturated heterocycles. The van der Waals surface area contributed by atoms with Gasteiger partial charge in [0.1, 0.15) is 18.3 Å². The molecule has 0 fully saturated rings. The second kappa shape index (κ2) is 6.88. The number of hydrogen-bond donors (Lipinski definition) is 1. The van der Waals surface area contributed by atoms with Gasteiger partial charge in [-0.1, -0.05) is 6.07 Å². The zero-order valence-corrected chi connectivity index (χ0v) is 14.7. The van der Waals surface area contributed by atoms with Gasteiger partial charge in [-0.2, -0.15) is 5.10 Å². The van der Waals surface area contributed by atoms with E-state index in [1.165, 1.54) is 35.5 Å². The van der Waals surface area contributed by atoms with Crippen LogP contribution in [0.2, 0.25) is 0 Å². The average Bonchev–Trinajstić information content (AvgIpc) is 3.24. The van der Waals surface area contributed by atoms with Gasteiger partial charge >= 0.3 is 0 Å². The SMILES string of the molecule is Cc1ccc(NC(=O)c2ccc(-n3cncn3)c([N+](=O)[O-])c2)c2cccnc12. The molecule has 0 aliphatic rings. The summed E-state index contributed by atoms with van der Waals surface area (Å²) in [5.74, 6) is -0.456. The lowest BCUT2D eigenvalue weighted by Crippen LogP contribution is -2.13. The van der Waals surface area contributed by atoms with Crippen molar-refractivity contribution in [2.75, 3.05) is 5.32 Å². The minimum Gasteiger partial charge on any atom is -0.321 e. The Morgan fingerprint density at radius 1 is 1.21 bits per heavy atom. The first-order valence-electron chi connectivity index (χ1n) is 8.34. The molecule has 28 heavy (non-hydrogen) atoms. The zero-order valence-electron chi connectivity index (χ0n) is 14.7. The van der Waals surface area contributed by atoms with Crippen LogP contribution in [0, 0.1) is 17.0 Å². The van der Waals surface area contributed by atoms with Crippen molar-refractivity contribution in [1.29, 1.82) is 0 Å². The van der Waals surface area contributed by atoms with Gasteiger partial charge in [-0.3, -0.25) is 19.9 Å². The number of nitro benzene ring substituents is 1. The molecule has 0 aliphatic heterocycles. The number of aryl methyl sites for hydroxylation is 1. The normalized spacial score (nSPS) is 10.8. The van der Waals surface area contributed by atoms with E-state index >= 15 is 0 Å². The fourth-order valence-electron chi connectivity index (χ4n) is 2.95.